The fourth-order valence-electron chi connectivity index (χ4n) is 3.77. The maximum atomic E-state index is 12.3. The smallest absolute Gasteiger partial charge is 0.214 e. The lowest BCUT2D eigenvalue weighted by atomic mass is 10.0. The summed E-state index contributed by atoms with van der Waals surface area (Å²) < 4.78 is 26.1. The number of nitrogens with one attached hydrogen (secondary N) is 2. The van der Waals surface area contributed by atoms with Crippen LogP contribution in [0.3, 0.4) is 0 Å². The molecule has 0 aromatic heterocycles. The molecule has 0 unspecified atom stereocenters. The van der Waals surface area contributed by atoms with E-state index in [-0.39, 0.29) is 35.8 Å². The van der Waals surface area contributed by atoms with Gasteiger partial charge in [-0.3, -0.25) is 0 Å². The van der Waals surface area contributed by atoms with Crippen LogP contribution in [-0.2, 0) is 16.6 Å². The largest absolute Gasteiger partial charge is 0.357 e. The van der Waals surface area contributed by atoms with E-state index in [1.54, 1.807) is 4.31 Å². The van der Waals surface area contributed by atoms with Crippen molar-refractivity contribution in [3.63, 3.8) is 0 Å². The average Bonchev–Trinajstić information content (AvgIpc) is 2.72. The zero-order chi connectivity index (χ0) is 20.7. The predicted molar refractivity (Wildman–Crippen MR) is 136 cm³/mol. The number of rotatable bonds is 7. The van der Waals surface area contributed by atoms with E-state index in [0.29, 0.717) is 26.1 Å². The van der Waals surface area contributed by atoms with Crippen molar-refractivity contribution in [3.8, 4) is 0 Å². The molecule has 8 heteroatoms. The minimum Gasteiger partial charge on any atom is -0.357 e. The summed E-state index contributed by atoms with van der Waals surface area (Å²) in [6.45, 7) is 6.48. The van der Waals surface area contributed by atoms with Gasteiger partial charge in [-0.1, -0.05) is 49.4 Å². The highest BCUT2D eigenvalue weighted by Crippen LogP contribution is 2.19. The zero-order valence-corrected chi connectivity index (χ0v) is 20.9. The first-order chi connectivity index (χ1) is 14.0. The van der Waals surface area contributed by atoms with Crippen molar-refractivity contribution < 1.29 is 8.42 Å². The molecule has 2 N–H and O–H groups in total. The second-order valence-electron chi connectivity index (χ2n) is 7.47. The van der Waals surface area contributed by atoms with E-state index in [9.17, 15) is 8.42 Å². The lowest BCUT2D eigenvalue weighted by Crippen LogP contribution is -2.50. The monoisotopic (exact) mass is 544 g/mol. The minimum atomic E-state index is -3.10. The van der Waals surface area contributed by atoms with Crippen molar-refractivity contribution in [2.45, 2.75) is 45.7 Å². The Kier molecular flexibility index (Phi) is 9.83. The Morgan fingerprint density at radius 2 is 1.80 bits per heavy atom. The molecule has 1 aliphatic rings. The summed E-state index contributed by atoms with van der Waals surface area (Å²) in [5.41, 5.74) is 1.20. The first-order valence-electron chi connectivity index (χ1n) is 10.5. The second kappa shape index (κ2) is 11.9. The zero-order valence-electron chi connectivity index (χ0n) is 17.8. The first kappa shape index (κ1) is 24.9. The first-order valence-corrected chi connectivity index (χ1v) is 12.1. The van der Waals surface area contributed by atoms with E-state index in [4.69, 9.17) is 4.99 Å². The lowest BCUT2D eigenvalue weighted by molar-refractivity contribution is 0.306. The van der Waals surface area contributed by atoms with Gasteiger partial charge < -0.3 is 10.6 Å². The molecule has 0 spiro atoms. The van der Waals surface area contributed by atoms with E-state index < -0.39 is 10.0 Å². The summed E-state index contributed by atoms with van der Waals surface area (Å²) in [4.78, 5) is 4.79. The third-order valence-electron chi connectivity index (χ3n) is 5.28. The molecule has 2 aromatic carbocycles. The summed E-state index contributed by atoms with van der Waals surface area (Å²) in [7, 11) is -3.10. The molecule has 1 heterocycles. The highest BCUT2D eigenvalue weighted by Gasteiger charge is 2.27. The molecule has 3 rings (SSSR count). The van der Waals surface area contributed by atoms with Crippen LogP contribution in [0.4, 0.5) is 0 Å². The van der Waals surface area contributed by atoms with Crippen molar-refractivity contribution in [1.29, 1.82) is 0 Å². The van der Waals surface area contributed by atoms with Gasteiger partial charge in [0.25, 0.3) is 0 Å². The predicted octanol–water partition coefficient (Wildman–Crippen LogP) is 3.72. The number of guanidine groups is 1. The molecule has 1 fully saturated rings. The highest BCUT2D eigenvalue weighted by molar-refractivity contribution is 14.0. The number of halogens is 1. The van der Waals surface area contributed by atoms with E-state index >= 15 is 0 Å². The third kappa shape index (κ3) is 6.55. The number of hydrogen-bond donors (Lipinski definition) is 2. The van der Waals surface area contributed by atoms with Crippen molar-refractivity contribution in [2.75, 3.05) is 25.4 Å². The molecule has 0 aliphatic carbocycles. The maximum absolute atomic E-state index is 12.3. The molecule has 1 saturated heterocycles. The molecule has 0 radical (unpaired) electrons. The van der Waals surface area contributed by atoms with Gasteiger partial charge in [0.05, 0.1) is 12.3 Å². The third-order valence-corrected chi connectivity index (χ3v) is 7.36. The normalized spacial score (nSPS) is 16.3. The van der Waals surface area contributed by atoms with Crippen LogP contribution < -0.4 is 10.6 Å². The van der Waals surface area contributed by atoms with Crippen LogP contribution in [0.2, 0.25) is 0 Å². The summed E-state index contributed by atoms with van der Waals surface area (Å²) >= 11 is 0. The number of nitrogens with zero attached hydrogens (tertiary/aromatic N) is 2. The van der Waals surface area contributed by atoms with Crippen LogP contribution in [0.5, 0.6) is 0 Å². The quantitative estimate of drug-likeness (QED) is 0.317. The number of aliphatic imine (C=N–C) groups is 1. The molecule has 0 amide bonds. The Bertz CT molecular complexity index is 936. The van der Waals surface area contributed by atoms with Crippen molar-refractivity contribution in [3.05, 3.63) is 48.0 Å². The number of piperidine rings is 1. The van der Waals surface area contributed by atoms with Gasteiger partial charge in [-0.25, -0.2) is 17.7 Å². The Balaban J connectivity index is 0.00000320. The van der Waals surface area contributed by atoms with Gasteiger partial charge >= 0.3 is 0 Å². The number of sulfonamides is 1. The second-order valence-corrected chi connectivity index (χ2v) is 9.56. The average molecular weight is 545 g/mol. The van der Waals surface area contributed by atoms with Crippen LogP contribution in [0.15, 0.2) is 47.5 Å². The SMILES string of the molecule is CCCS(=O)(=O)N1CCC(NC(=NCc2cccc3ccccc23)NCC)CC1.I. The topological polar surface area (TPSA) is 73.8 Å². The number of benzene rings is 2. The molecule has 2 aromatic rings. The Hall–Kier alpha value is -1.39. The molecular weight excluding hydrogens is 511 g/mol. The summed E-state index contributed by atoms with van der Waals surface area (Å²) in [6.07, 6.45) is 2.25. The molecule has 30 heavy (non-hydrogen) atoms. The summed E-state index contributed by atoms with van der Waals surface area (Å²) in [6, 6.07) is 14.9. The molecule has 1 aliphatic heterocycles. The minimum absolute atomic E-state index is 0. The van der Waals surface area contributed by atoms with Crippen LogP contribution in [0.25, 0.3) is 10.8 Å². The van der Waals surface area contributed by atoms with Crippen molar-refractivity contribution >= 4 is 50.7 Å². The van der Waals surface area contributed by atoms with Crippen LogP contribution in [0.1, 0.15) is 38.7 Å². The van der Waals surface area contributed by atoms with Gasteiger partial charge in [0.1, 0.15) is 0 Å². The number of hydrogen-bond acceptors (Lipinski definition) is 3. The molecule has 6 nitrogen and oxygen atoms in total. The van der Waals surface area contributed by atoms with E-state index in [1.807, 2.05) is 13.0 Å². The van der Waals surface area contributed by atoms with E-state index in [2.05, 4.69) is 54.0 Å². The van der Waals surface area contributed by atoms with Gasteiger partial charge in [0.2, 0.25) is 10.0 Å². The summed E-state index contributed by atoms with van der Waals surface area (Å²) in [5, 5.41) is 9.26. The Labute approximate surface area is 197 Å². The molecule has 0 atom stereocenters. The number of fused-ring (bicyclic) bond motifs is 1. The van der Waals surface area contributed by atoms with Crippen LogP contribution >= 0.6 is 24.0 Å². The molecule has 0 saturated carbocycles. The van der Waals surface area contributed by atoms with Gasteiger partial charge in [-0.05, 0) is 42.5 Å². The van der Waals surface area contributed by atoms with Crippen LogP contribution in [0, 0.1) is 0 Å². The maximum Gasteiger partial charge on any atom is 0.214 e. The van der Waals surface area contributed by atoms with Gasteiger partial charge in [-0.15, -0.1) is 24.0 Å². The molecular formula is C22H33IN4O2S. The van der Waals surface area contributed by atoms with Gasteiger partial charge in [-0.2, -0.15) is 0 Å². The lowest BCUT2D eigenvalue weighted by Gasteiger charge is -2.32. The van der Waals surface area contributed by atoms with Gasteiger partial charge in [0, 0.05) is 25.7 Å². The van der Waals surface area contributed by atoms with Crippen molar-refractivity contribution in [1.82, 2.24) is 14.9 Å². The summed E-state index contributed by atoms with van der Waals surface area (Å²) in [5.74, 6) is 1.02. The Morgan fingerprint density at radius 1 is 1.10 bits per heavy atom. The van der Waals surface area contributed by atoms with E-state index in [0.717, 1.165) is 25.3 Å². The fourth-order valence-corrected chi connectivity index (χ4v) is 5.31. The fraction of sp³-hybridized carbons (Fsp3) is 0.500. The van der Waals surface area contributed by atoms with Gasteiger partial charge in [0.15, 0.2) is 5.96 Å². The molecule has 166 valence electrons. The standard InChI is InChI=1S/C22H32N4O2S.HI/c1-3-16-29(27,28)26-14-12-20(13-15-26)25-22(23-4-2)24-17-19-10-7-9-18-8-5-6-11-21(18)19;/h5-11,20H,3-4,12-17H2,1-2H3,(H2,23,24,25);1H. The van der Waals surface area contributed by atoms with Crippen LogP contribution in [-0.4, -0.2) is 50.1 Å². The highest BCUT2D eigenvalue weighted by atomic mass is 127. The Morgan fingerprint density at radius 3 is 2.50 bits per heavy atom. The van der Waals surface area contributed by atoms with E-state index in [1.165, 1.54) is 16.3 Å². The molecule has 0 bridgehead atoms. The van der Waals surface area contributed by atoms with Crippen molar-refractivity contribution in [2.24, 2.45) is 4.99 Å².